The van der Waals surface area contributed by atoms with Gasteiger partial charge >= 0.3 is 0 Å². The van der Waals surface area contributed by atoms with Crippen molar-refractivity contribution >= 4 is 11.6 Å². The van der Waals surface area contributed by atoms with Crippen LogP contribution >= 0.6 is 0 Å². The van der Waals surface area contributed by atoms with Crippen LogP contribution < -0.4 is 5.32 Å². The first-order valence-corrected chi connectivity index (χ1v) is 10.7. The summed E-state index contributed by atoms with van der Waals surface area (Å²) in [7, 11) is 0. The van der Waals surface area contributed by atoms with Gasteiger partial charge in [-0.05, 0) is 50.4 Å². The maximum atomic E-state index is 13.7. The van der Waals surface area contributed by atoms with E-state index in [0.717, 1.165) is 38.9 Å². The van der Waals surface area contributed by atoms with E-state index in [1.807, 2.05) is 11.0 Å². The first-order valence-electron chi connectivity index (χ1n) is 10.7. The van der Waals surface area contributed by atoms with Crippen molar-refractivity contribution in [2.24, 2.45) is 0 Å². The molecule has 0 radical (unpaired) electrons. The number of carbonyl (C=O) groups excluding carboxylic acids is 1. The molecular weight excluding hydrogens is 381 g/mol. The Labute approximate surface area is 177 Å². The number of piperidine rings is 1. The predicted octanol–water partition coefficient (Wildman–Crippen LogP) is 3.17. The van der Waals surface area contributed by atoms with Gasteiger partial charge in [0.2, 0.25) is 5.91 Å². The molecule has 160 valence electrons. The number of carbonyl (C=O) groups is 1. The summed E-state index contributed by atoms with van der Waals surface area (Å²) >= 11 is 0. The highest BCUT2D eigenvalue weighted by Crippen LogP contribution is 2.39. The van der Waals surface area contributed by atoms with E-state index in [-0.39, 0.29) is 23.8 Å². The molecule has 2 fully saturated rings. The Kier molecular flexibility index (Phi) is 6.18. The summed E-state index contributed by atoms with van der Waals surface area (Å²) < 4.78 is 13.7. The van der Waals surface area contributed by atoms with Gasteiger partial charge in [-0.15, -0.1) is 0 Å². The van der Waals surface area contributed by atoms with Crippen LogP contribution in [-0.4, -0.2) is 58.6 Å². The number of aliphatic hydroxyl groups is 1. The van der Waals surface area contributed by atoms with E-state index in [9.17, 15) is 14.3 Å². The van der Waals surface area contributed by atoms with Crippen LogP contribution in [-0.2, 0) is 11.3 Å². The first kappa shape index (κ1) is 21.0. The van der Waals surface area contributed by atoms with Gasteiger partial charge in [0.15, 0.2) is 0 Å². The Balaban J connectivity index is 1.36. The minimum atomic E-state index is -0.499. The molecule has 1 amide bonds. The first-order chi connectivity index (χ1) is 14.5. The van der Waals surface area contributed by atoms with Gasteiger partial charge in [0.1, 0.15) is 5.82 Å². The molecule has 0 bridgehead atoms. The fraction of sp³-hybridized carbons (Fsp3) is 0.458. The van der Waals surface area contributed by atoms with Crippen LogP contribution in [0.25, 0.3) is 0 Å². The van der Waals surface area contributed by atoms with Crippen LogP contribution in [0.1, 0.15) is 30.4 Å². The zero-order valence-corrected chi connectivity index (χ0v) is 17.5. The van der Waals surface area contributed by atoms with Gasteiger partial charge in [0.25, 0.3) is 0 Å². The van der Waals surface area contributed by atoms with Gasteiger partial charge in [-0.1, -0.05) is 36.4 Å². The highest BCUT2D eigenvalue weighted by atomic mass is 19.1. The predicted molar refractivity (Wildman–Crippen MR) is 116 cm³/mol. The number of β-amino-alcohol motifs (C(OH)–C–C–N with tert-alkyl or cyclic N) is 1. The molecule has 2 heterocycles. The van der Waals surface area contributed by atoms with Gasteiger partial charge in [-0.25, -0.2) is 4.39 Å². The Morgan fingerprint density at radius 1 is 1.17 bits per heavy atom. The van der Waals surface area contributed by atoms with Crippen molar-refractivity contribution in [1.29, 1.82) is 0 Å². The molecule has 6 heteroatoms. The van der Waals surface area contributed by atoms with Crippen molar-refractivity contribution in [1.82, 2.24) is 9.80 Å². The normalized spacial score (nSPS) is 25.0. The average Bonchev–Trinajstić information content (AvgIpc) is 3.12. The second-order valence-corrected chi connectivity index (χ2v) is 8.58. The van der Waals surface area contributed by atoms with Crippen LogP contribution in [0.4, 0.5) is 10.1 Å². The van der Waals surface area contributed by atoms with Crippen LogP contribution in [0.5, 0.6) is 0 Å². The topological polar surface area (TPSA) is 55.8 Å². The zero-order valence-electron chi connectivity index (χ0n) is 17.5. The molecule has 4 rings (SSSR count). The summed E-state index contributed by atoms with van der Waals surface area (Å²) in [6, 6.07) is 15.1. The van der Waals surface area contributed by atoms with Crippen molar-refractivity contribution in [3.05, 3.63) is 65.5 Å². The van der Waals surface area contributed by atoms with Crippen molar-refractivity contribution in [2.45, 2.75) is 44.4 Å². The van der Waals surface area contributed by atoms with Crippen LogP contribution in [0.3, 0.4) is 0 Å². The molecule has 2 aromatic carbocycles. The summed E-state index contributed by atoms with van der Waals surface area (Å²) in [5.74, 6) is -0.512. The van der Waals surface area contributed by atoms with Gasteiger partial charge in [-0.2, -0.15) is 0 Å². The van der Waals surface area contributed by atoms with Gasteiger partial charge in [0.05, 0.1) is 12.6 Å². The minimum Gasteiger partial charge on any atom is -0.390 e. The second-order valence-electron chi connectivity index (χ2n) is 8.58. The van der Waals surface area contributed by atoms with Crippen molar-refractivity contribution in [2.75, 3.05) is 31.5 Å². The fourth-order valence-corrected chi connectivity index (χ4v) is 4.96. The molecular formula is C24H30FN3O2. The molecule has 1 spiro atoms. The molecule has 2 aliphatic rings. The lowest BCUT2D eigenvalue weighted by atomic mass is 9.82. The summed E-state index contributed by atoms with van der Waals surface area (Å²) in [5, 5.41) is 13.9. The van der Waals surface area contributed by atoms with Crippen molar-refractivity contribution < 1.29 is 14.3 Å². The van der Waals surface area contributed by atoms with E-state index in [1.54, 1.807) is 19.1 Å². The lowest BCUT2D eigenvalue weighted by Crippen LogP contribution is -2.61. The van der Waals surface area contributed by atoms with E-state index in [2.05, 4.69) is 34.5 Å². The summed E-state index contributed by atoms with van der Waals surface area (Å²) in [4.78, 5) is 16.9. The monoisotopic (exact) mass is 411 g/mol. The van der Waals surface area contributed by atoms with E-state index in [4.69, 9.17) is 0 Å². The number of anilines is 1. The largest absolute Gasteiger partial charge is 0.390 e. The molecule has 2 aromatic rings. The number of likely N-dealkylation sites (tertiary alicyclic amines) is 2. The molecule has 0 aliphatic carbocycles. The third-order valence-electron chi connectivity index (χ3n) is 6.71. The number of benzene rings is 2. The molecule has 0 unspecified atom stereocenters. The van der Waals surface area contributed by atoms with Crippen LogP contribution in [0, 0.1) is 12.7 Å². The summed E-state index contributed by atoms with van der Waals surface area (Å²) in [6.45, 7) is 4.92. The number of hydrogen-bond acceptors (Lipinski definition) is 4. The SMILES string of the molecule is Cc1c(F)cccc1NC(=O)CN1CC[C@@]2(CCCN2Cc2ccccc2)[C@@H](O)C1. The van der Waals surface area contributed by atoms with Crippen LogP contribution in [0.2, 0.25) is 0 Å². The number of hydrogen-bond donors (Lipinski definition) is 2. The van der Waals surface area contributed by atoms with Crippen molar-refractivity contribution in [3.8, 4) is 0 Å². The number of nitrogens with zero attached hydrogens (tertiary/aromatic N) is 2. The standard InChI is InChI=1S/C24H30FN3O2/c1-18-20(25)9-5-10-21(18)26-23(30)17-27-14-12-24(22(29)16-27)11-6-13-28(24)15-19-7-3-2-4-8-19/h2-5,7-10,22,29H,6,11-17H2,1H3,(H,26,30)/t22-,24-/m0/s1. The maximum absolute atomic E-state index is 13.7. The van der Waals surface area contributed by atoms with Crippen LogP contribution in [0.15, 0.2) is 48.5 Å². The Hall–Kier alpha value is -2.28. The summed E-state index contributed by atoms with van der Waals surface area (Å²) in [5.41, 5.74) is 1.99. The number of aliphatic hydroxyl groups excluding tert-OH is 1. The number of halogens is 1. The minimum absolute atomic E-state index is 0.181. The van der Waals surface area contributed by atoms with E-state index in [0.29, 0.717) is 17.8 Å². The van der Waals surface area contributed by atoms with Crippen molar-refractivity contribution in [3.63, 3.8) is 0 Å². The molecule has 2 atom stereocenters. The third-order valence-corrected chi connectivity index (χ3v) is 6.71. The molecule has 0 aromatic heterocycles. The molecule has 2 aliphatic heterocycles. The molecule has 5 nitrogen and oxygen atoms in total. The third kappa shape index (κ3) is 4.26. The smallest absolute Gasteiger partial charge is 0.238 e. The highest BCUT2D eigenvalue weighted by molar-refractivity contribution is 5.93. The number of amides is 1. The Bertz CT molecular complexity index is 891. The summed E-state index contributed by atoms with van der Waals surface area (Å²) in [6.07, 6.45) is 2.42. The lowest BCUT2D eigenvalue weighted by molar-refractivity contribution is -0.120. The maximum Gasteiger partial charge on any atom is 0.238 e. The quantitative estimate of drug-likeness (QED) is 0.794. The molecule has 30 heavy (non-hydrogen) atoms. The average molecular weight is 412 g/mol. The fourth-order valence-electron chi connectivity index (χ4n) is 4.96. The molecule has 2 saturated heterocycles. The second kappa shape index (κ2) is 8.84. The zero-order chi connectivity index (χ0) is 21.1. The van der Waals surface area contributed by atoms with E-state index < -0.39 is 6.10 Å². The van der Waals surface area contributed by atoms with E-state index in [1.165, 1.54) is 11.6 Å². The Morgan fingerprint density at radius 2 is 1.97 bits per heavy atom. The Morgan fingerprint density at radius 3 is 2.73 bits per heavy atom. The van der Waals surface area contributed by atoms with Gasteiger partial charge in [0, 0.05) is 36.4 Å². The van der Waals surface area contributed by atoms with Gasteiger partial charge < -0.3 is 10.4 Å². The number of rotatable bonds is 5. The van der Waals surface area contributed by atoms with Gasteiger partial charge in [-0.3, -0.25) is 14.6 Å². The molecule has 0 saturated carbocycles. The highest BCUT2D eigenvalue weighted by Gasteiger charge is 2.49. The van der Waals surface area contributed by atoms with E-state index >= 15 is 0 Å². The lowest BCUT2D eigenvalue weighted by Gasteiger charge is -2.48. The number of nitrogens with one attached hydrogen (secondary N) is 1. The molecule has 2 N–H and O–H groups in total.